The molecule has 0 aliphatic heterocycles. The standard InChI is InChI=1S/C14H18N2O2/c1-3-16-8-7-15-13(16)10-18-14-11(2)5-4-6-12(14)9-17/h4-8,17H,3,9-10H2,1-2H3. The number of imidazole rings is 1. The second-order valence-corrected chi connectivity index (χ2v) is 4.14. The van der Waals surface area contributed by atoms with Crippen LogP contribution in [0.15, 0.2) is 30.6 Å². The summed E-state index contributed by atoms with van der Waals surface area (Å²) in [7, 11) is 0. The molecular formula is C14H18N2O2. The molecule has 1 heterocycles. The van der Waals surface area contributed by atoms with Crippen LogP contribution < -0.4 is 4.74 Å². The van der Waals surface area contributed by atoms with E-state index in [2.05, 4.69) is 11.9 Å². The first-order valence-corrected chi connectivity index (χ1v) is 6.08. The second-order valence-electron chi connectivity index (χ2n) is 4.14. The fourth-order valence-corrected chi connectivity index (χ4v) is 1.95. The zero-order valence-electron chi connectivity index (χ0n) is 10.8. The molecule has 0 spiro atoms. The van der Waals surface area contributed by atoms with Gasteiger partial charge in [0.1, 0.15) is 18.2 Å². The predicted molar refractivity (Wildman–Crippen MR) is 69.3 cm³/mol. The summed E-state index contributed by atoms with van der Waals surface area (Å²) in [4.78, 5) is 4.26. The normalized spacial score (nSPS) is 10.6. The second kappa shape index (κ2) is 5.69. The summed E-state index contributed by atoms with van der Waals surface area (Å²) in [6.07, 6.45) is 3.70. The third kappa shape index (κ3) is 2.54. The molecule has 2 aromatic rings. The van der Waals surface area contributed by atoms with E-state index in [1.807, 2.05) is 35.9 Å². The SMILES string of the molecule is CCn1ccnc1COc1c(C)cccc1CO. The van der Waals surface area contributed by atoms with Crippen molar-refractivity contribution in [3.05, 3.63) is 47.5 Å². The molecule has 4 heteroatoms. The number of ether oxygens (including phenoxy) is 1. The van der Waals surface area contributed by atoms with Crippen LogP contribution >= 0.6 is 0 Å². The molecule has 1 aromatic carbocycles. The fourth-order valence-electron chi connectivity index (χ4n) is 1.95. The number of para-hydroxylation sites is 1. The van der Waals surface area contributed by atoms with Crippen LogP contribution in [0.1, 0.15) is 23.9 Å². The van der Waals surface area contributed by atoms with Gasteiger partial charge in [0.25, 0.3) is 0 Å². The van der Waals surface area contributed by atoms with Gasteiger partial charge in [0.05, 0.1) is 6.61 Å². The van der Waals surface area contributed by atoms with Crippen LogP contribution in [0.3, 0.4) is 0 Å². The molecule has 0 atom stereocenters. The maximum atomic E-state index is 9.30. The zero-order chi connectivity index (χ0) is 13.0. The van der Waals surface area contributed by atoms with Crippen LogP contribution in [0.25, 0.3) is 0 Å². The summed E-state index contributed by atoms with van der Waals surface area (Å²) in [6, 6.07) is 5.76. The number of rotatable bonds is 5. The van der Waals surface area contributed by atoms with Gasteiger partial charge in [-0.25, -0.2) is 4.98 Å². The lowest BCUT2D eigenvalue weighted by Gasteiger charge is -2.13. The molecule has 2 rings (SSSR count). The topological polar surface area (TPSA) is 47.3 Å². The molecule has 1 N–H and O–H groups in total. The third-order valence-electron chi connectivity index (χ3n) is 2.95. The highest BCUT2D eigenvalue weighted by Gasteiger charge is 2.08. The molecule has 4 nitrogen and oxygen atoms in total. The van der Waals surface area contributed by atoms with E-state index >= 15 is 0 Å². The van der Waals surface area contributed by atoms with Gasteiger partial charge in [0.15, 0.2) is 0 Å². The summed E-state index contributed by atoms with van der Waals surface area (Å²) in [6.45, 7) is 5.32. The lowest BCUT2D eigenvalue weighted by Crippen LogP contribution is -2.07. The van der Waals surface area contributed by atoms with Crippen LogP contribution in [0.5, 0.6) is 5.75 Å². The van der Waals surface area contributed by atoms with Crippen molar-refractivity contribution in [3.63, 3.8) is 0 Å². The molecule has 96 valence electrons. The van der Waals surface area contributed by atoms with Gasteiger partial charge in [0, 0.05) is 24.5 Å². The van der Waals surface area contributed by atoms with E-state index in [9.17, 15) is 5.11 Å². The monoisotopic (exact) mass is 246 g/mol. The molecule has 0 amide bonds. The van der Waals surface area contributed by atoms with Gasteiger partial charge in [-0.05, 0) is 19.4 Å². The molecule has 0 saturated heterocycles. The average Bonchev–Trinajstić information content (AvgIpc) is 2.84. The molecule has 0 aliphatic carbocycles. The summed E-state index contributed by atoms with van der Waals surface area (Å²) >= 11 is 0. The third-order valence-corrected chi connectivity index (χ3v) is 2.95. The quantitative estimate of drug-likeness (QED) is 0.880. The van der Waals surface area contributed by atoms with E-state index in [1.54, 1.807) is 6.20 Å². The Morgan fingerprint density at radius 3 is 2.94 bits per heavy atom. The van der Waals surface area contributed by atoms with Crippen LogP contribution in [0, 0.1) is 6.92 Å². The number of aliphatic hydroxyl groups is 1. The van der Waals surface area contributed by atoms with Gasteiger partial charge < -0.3 is 14.4 Å². The van der Waals surface area contributed by atoms with Gasteiger partial charge in [-0.2, -0.15) is 0 Å². The molecule has 0 fully saturated rings. The lowest BCUT2D eigenvalue weighted by molar-refractivity contribution is 0.252. The zero-order valence-corrected chi connectivity index (χ0v) is 10.8. The largest absolute Gasteiger partial charge is 0.485 e. The Bertz CT molecular complexity index is 520. The van der Waals surface area contributed by atoms with Crippen molar-refractivity contribution in [2.75, 3.05) is 0 Å². The maximum Gasteiger partial charge on any atom is 0.146 e. The highest BCUT2D eigenvalue weighted by molar-refractivity contribution is 5.40. The summed E-state index contributed by atoms with van der Waals surface area (Å²) in [5, 5.41) is 9.30. The molecule has 0 saturated carbocycles. The summed E-state index contributed by atoms with van der Waals surface area (Å²) in [5.41, 5.74) is 1.83. The minimum atomic E-state index is -0.0147. The first-order chi connectivity index (χ1) is 8.76. The molecular weight excluding hydrogens is 228 g/mol. The highest BCUT2D eigenvalue weighted by atomic mass is 16.5. The number of aliphatic hydroxyl groups excluding tert-OH is 1. The number of nitrogens with zero attached hydrogens (tertiary/aromatic N) is 2. The number of aromatic nitrogens is 2. The van der Waals surface area contributed by atoms with Crippen LogP contribution in [-0.2, 0) is 19.8 Å². The highest BCUT2D eigenvalue weighted by Crippen LogP contribution is 2.24. The number of hydrogen-bond acceptors (Lipinski definition) is 3. The first-order valence-electron chi connectivity index (χ1n) is 6.08. The van der Waals surface area contributed by atoms with E-state index in [4.69, 9.17) is 4.74 Å². The van der Waals surface area contributed by atoms with Gasteiger partial charge in [-0.3, -0.25) is 0 Å². The van der Waals surface area contributed by atoms with E-state index in [1.165, 1.54) is 0 Å². The average molecular weight is 246 g/mol. The van der Waals surface area contributed by atoms with Gasteiger partial charge >= 0.3 is 0 Å². The summed E-state index contributed by atoms with van der Waals surface area (Å²) < 4.78 is 7.84. The van der Waals surface area contributed by atoms with Crippen molar-refractivity contribution in [2.45, 2.75) is 33.6 Å². The van der Waals surface area contributed by atoms with Crippen molar-refractivity contribution in [1.82, 2.24) is 9.55 Å². The molecule has 0 bridgehead atoms. The van der Waals surface area contributed by atoms with Crippen LogP contribution in [0.4, 0.5) is 0 Å². The lowest BCUT2D eigenvalue weighted by atomic mass is 10.1. The van der Waals surface area contributed by atoms with Gasteiger partial charge in [-0.1, -0.05) is 18.2 Å². The van der Waals surface area contributed by atoms with Gasteiger partial charge in [0.2, 0.25) is 0 Å². The fraction of sp³-hybridized carbons (Fsp3) is 0.357. The number of aryl methyl sites for hydroxylation is 2. The molecule has 18 heavy (non-hydrogen) atoms. The van der Waals surface area contributed by atoms with Crippen molar-refractivity contribution in [2.24, 2.45) is 0 Å². The molecule has 0 unspecified atom stereocenters. The molecule has 1 aromatic heterocycles. The van der Waals surface area contributed by atoms with E-state index < -0.39 is 0 Å². The minimum Gasteiger partial charge on any atom is -0.485 e. The first kappa shape index (κ1) is 12.6. The Kier molecular flexibility index (Phi) is 3.99. The Morgan fingerprint density at radius 2 is 2.22 bits per heavy atom. The van der Waals surface area contributed by atoms with E-state index in [-0.39, 0.29) is 6.61 Å². The van der Waals surface area contributed by atoms with Crippen molar-refractivity contribution < 1.29 is 9.84 Å². The Hall–Kier alpha value is -1.81. The number of benzene rings is 1. The number of hydrogen-bond donors (Lipinski definition) is 1. The Balaban J connectivity index is 2.15. The van der Waals surface area contributed by atoms with Crippen LogP contribution in [0.2, 0.25) is 0 Å². The summed E-state index contributed by atoms with van der Waals surface area (Å²) in [5.74, 6) is 1.65. The van der Waals surface area contributed by atoms with Crippen molar-refractivity contribution in [3.8, 4) is 5.75 Å². The smallest absolute Gasteiger partial charge is 0.146 e. The van der Waals surface area contributed by atoms with Crippen molar-refractivity contribution in [1.29, 1.82) is 0 Å². The minimum absolute atomic E-state index is 0.0147. The Labute approximate surface area is 107 Å². The molecule has 0 aliphatic rings. The van der Waals surface area contributed by atoms with Crippen LogP contribution in [-0.4, -0.2) is 14.7 Å². The van der Waals surface area contributed by atoms with E-state index in [0.29, 0.717) is 6.61 Å². The maximum absolute atomic E-state index is 9.30. The molecule has 0 radical (unpaired) electrons. The van der Waals surface area contributed by atoms with Gasteiger partial charge in [-0.15, -0.1) is 0 Å². The van der Waals surface area contributed by atoms with E-state index in [0.717, 1.165) is 29.2 Å². The van der Waals surface area contributed by atoms with Crippen molar-refractivity contribution >= 4 is 0 Å². The predicted octanol–water partition coefficient (Wildman–Crippen LogP) is 2.28. The Morgan fingerprint density at radius 1 is 1.39 bits per heavy atom.